The summed E-state index contributed by atoms with van der Waals surface area (Å²) in [6, 6.07) is 38.0. The molecule has 0 aromatic heterocycles. The average molecular weight is 597 g/mol. The average Bonchev–Trinajstić information content (AvgIpc) is 3.03. The third kappa shape index (κ3) is 5.44. The van der Waals surface area contributed by atoms with Gasteiger partial charge >= 0.3 is 20.2 Å². The number of hydrogen-bond acceptors (Lipinski definition) is 8. The van der Waals surface area contributed by atoms with Crippen molar-refractivity contribution < 1.29 is 25.4 Å². The molecule has 6 rings (SSSR count). The summed E-state index contributed by atoms with van der Waals surface area (Å²) >= 11 is 0. The maximum absolute atomic E-state index is 13.2. The van der Waals surface area contributed by atoms with Gasteiger partial charge in [0, 0.05) is 10.8 Å². The van der Waals surface area contributed by atoms with E-state index in [-0.39, 0.29) is 9.79 Å². The lowest BCUT2D eigenvalue weighted by atomic mass is 9.94. The van der Waals surface area contributed by atoms with Crippen molar-refractivity contribution in [3.05, 3.63) is 133 Å². The first-order valence-electron chi connectivity index (χ1n) is 12.9. The molecule has 0 bridgehead atoms. The number of anilines is 2. The summed E-state index contributed by atoms with van der Waals surface area (Å²) in [6.45, 7) is 0. The van der Waals surface area contributed by atoms with Crippen molar-refractivity contribution in [1.29, 1.82) is 0 Å². The monoisotopic (exact) mass is 596 g/mol. The number of rotatable bonds is 9. The Labute approximate surface area is 243 Å². The van der Waals surface area contributed by atoms with Gasteiger partial charge < -0.3 is 0 Å². The fourth-order valence-electron chi connectivity index (χ4n) is 4.78. The molecule has 210 valence electrons. The van der Waals surface area contributed by atoms with Crippen molar-refractivity contribution in [2.24, 2.45) is 0 Å². The van der Waals surface area contributed by atoms with Crippen LogP contribution in [0.4, 0.5) is 11.4 Å². The van der Waals surface area contributed by atoms with Gasteiger partial charge in [-0.3, -0.25) is 0 Å². The molecule has 10 heteroatoms. The predicted octanol–water partition coefficient (Wildman–Crippen LogP) is 7.12. The van der Waals surface area contributed by atoms with Crippen molar-refractivity contribution in [2.75, 3.05) is 11.0 Å². The zero-order chi connectivity index (χ0) is 29.2. The first kappa shape index (κ1) is 27.4. The molecule has 0 aliphatic heterocycles. The fourth-order valence-corrected chi connectivity index (χ4v) is 6.75. The Morgan fingerprint density at radius 3 is 1.14 bits per heavy atom. The predicted molar refractivity (Wildman–Crippen MR) is 164 cm³/mol. The molecule has 0 aliphatic carbocycles. The van der Waals surface area contributed by atoms with Gasteiger partial charge in [0.2, 0.25) is 0 Å². The van der Waals surface area contributed by atoms with Crippen LogP contribution in [0, 0.1) is 0 Å². The van der Waals surface area contributed by atoms with Crippen LogP contribution in [0.1, 0.15) is 0 Å². The van der Waals surface area contributed by atoms with Gasteiger partial charge in [0.1, 0.15) is 9.79 Å². The molecule has 2 N–H and O–H groups in total. The highest BCUT2D eigenvalue weighted by atomic mass is 32.2. The molecule has 0 fully saturated rings. The molecule has 8 nitrogen and oxygen atoms in total. The summed E-state index contributed by atoms with van der Waals surface area (Å²) < 4.78 is 63.2. The highest BCUT2D eigenvalue weighted by molar-refractivity contribution is 7.87. The molecule has 0 amide bonds. The van der Waals surface area contributed by atoms with E-state index in [1.165, 1.54) is 12.1 Å². The smallest absolute Gasteiger partial charge is 0.249 e. The Kier molecular flexibility index (Phi) is 7.36. The minimum atomic E-state index is -4.20. The molecule has 0 heterocycles. The summed E-state index contributed by atoms with van der Waals surface area (Å²) in [7, 11) is -8.39. The van der Waals surface area contributed by atoms with E-state index in [9.17, 15) is 16.8 Å². The molecule has 0 radical (unpaired) electrons. The Bertz CT molecular complexity index is 1970. The summed E-state index contributed by atoms with van der Waals surface area (Å²) in [5.41, 5.74) is 7.43. The highest BCUT2D eigenvalue weighted by Gasteiger charge is 2.23. The first-order chi connectivity index (χ1) is 20.3. The number of fused-ring (bicyclic) bond motifs is 2. The summed E-state index contributed by atoms with van der Waals surface area (Å²) in [5, 5.41) is 2.23. The third-order valence-electron chi connectivity index (χ3n) is 6.68. The van der Waals surface area contributed by atoms with Gasteiger partial charge in [0.05, 0.1) is 11.4 Å². The number of hydrogen-bond donors (Lipinski definition) is 2. The van der Waals surface area contributed by atoms with Gasteiger partial charge in [0.25, 0.3) is 0 Å². The molecule has 0 atom stereocenters. The van der Waals surface area contributed by atoms with Crippen LogP contribution in [-0.2, 0) is 28.8 Å². The van der Waals surface area contributed by atoms with Crippen molar-refractivity contribution in [1.82, 2.24) is 0 Å². The van der Waals surface area contributed by atoms with E-state index in [2.05, 4.69) is 11.0 Å². The standard InChI is InChI=1S/C32H24N2O6S2/c35-41(36,39-33-23-11-3-1-4-12-23)31-21-9-17-27-25(15-7-19-29(27)31)26-16-8-20-30-28(26)18-10-22-32(30)42(37,38)40-34-24-13-5-2-6-14-24/h1-22,33-34H. The van der Waals surface area contributed by atoms with Crippen molar-refractivity contribution >= 4 is 53.2 Å². The lowest BCUT2D eigenvalue weighted by Gasteiger charge is -2.15. The highest BCUT2D eigenvalue weighted by Crippen LogP contribution is 2.38. The molecule has 0 saturated carbocycles. The summed E-state index contributed by atoms with van der Waals surface area (Å²) in [6.07, 6.45) is 0. The molecular weight excluding hydrogens is 572 g/mol. The second-order valence-electron chi connectivity index (χ2n) is 9.32. The van der Waals surface area contributed by atoms with Gasteiger partial charge in [-0.2, -0.15) is 16.8 Å². The molecule has 6 aromatic carbocycles. The normalized spacial score (nSPS) is 11.9. The minimum absolute atomic E-state index is 0.00540. The van der Waals surface area contributed by atoms with E-state index in [0.29, 0.717) is 32.9 Å². The third-order valence-corrected chi connectivity index (χ3v) is 9.07. The van der Waals surface area contributed by atoms with Crippen LogP contribution >= 0.6 is 0 Å². The number of benzene rings is 6. The van der Waals surface area contributed by atoms with Gasteiger partial charge in [-0.1, -0.05) is 97.1 Å². The maximum Gasteiger partial charge on any atom is 0.318 e. The van der Waals surface area contributed by atoms with E-state index in [0.717, 1.165) is 11.1 Å². The van der Waals surface area contributed by atoms with E-state index in [1.54, 1.807) is 84.9 Å². The zero-order valence-corrected chi connectivity index (χ0v) is 23.6. The lowest BCUT2D eigenvalue weighted by Crippen LogP contribution is -2.12. The number of nitrogens with one attached hydrogen (secondary N) is 2. The second-order valence-corrected chi connectivity index (χ2v) is 12.4. The van der Waals surface area contributed by atoms with Crippen LogP contribution in [0.2, 0.25) is 0 Å². The molecule has 0 aliphatic rings. The minimum Gasteiger partial charge on any atom is -0.249 e. The fraction of sp³-hybridized carbons (Fsp3) is 0. The van der Waals surface area contributed by atoms with Crippen LogP contribution in [0.15, 0.2) is 143 Å². The topological polar surface area (TPSA) is 111 Å². The van der Waals surface area contributed by atoms with Gasteiger partial charge in [0.15, 0.2) is 0 Å². The molecule has 0 unspecified atom stereocenters. The Hall–Kier alpha value is -4.74. The second kappa shape index (κ2) is 11.3. The summed E-state index contributed by atoms with van der Waals surface area (Å²) in [5.74, 6) is 0. The van der Waals surface area contributed by atoms with Crippen molar-refractivity contribution in [3.8, 4) is 11.1 Å². The Morgan fingerprint density at radius 1 is 0.381 bits per heavy atom. The first-order valence-corrected chi connectivity index (χ1v) is 15.7. The number of para-hydroxylation sites is 2. The van der Waals surface area contributed by atoms with Crippen LogP contribution in [-0.4, -0.2) is 16.8 Å². The van der Waals surface area contributed by atoms with Crippen LogP contribution < -0.4 is 11.0 Å². The molecule has 0 saturated heterocycles. The van der Waals surface area contributed by atoms with Crippen molar-refractivity contribution in [2.45, 2.75) is 9.79 Å². The van der Waals surface area contributed by atoms with Gasteiger partial charge in [-0.15, -0.1) is 8.57 Å². The summed E-state index contributed by atoms with van der Waals surface area (Å²) in [4.78, 5) is -0.0108. The SMILES string of the molecule is O=S(=O)(ONc1ccccc1)c1cccc2c(-c3cccc4c(S(=O)(=O)ONc5ccccc5)cccc34)cccc12. The molecule has 42 heavy (non-hydrogen) atoms. The van der Waals surface area contributed by atoms with E-state index < -0.39 is 20.2 Å². The van der Waals surface area contributed by atoms with Crippen LogP contribution in [0.3, 0.4) is 0 Å². The van der Waals surface area contributed by atoms with E-state index >= 15 is 0 Å². The lowest BCUT2D eigenvalue weighted by molar-refractivity contribution is 0.390. The molecule has 0 spiro atoms. The molecule has 6 aromatic rings. The quantitative estimate of drug-likeness (QED) is 0.170. The Morgan fingerprint density at radius 2 is 0.738 bits per heavy atom. The zero-order valence-electron chi connectivity index (χ0n) is 22.0. The molecular formula is C32H24N2O6S2. The van der Waals surface area contributed by atoms with Crippen LogP contribution in [0.5, 0.6) is 0 Å². The van der Waals surface area contributed by atoms with E-state index in [1.807, 2.05) is 36.4 Å². The maximum atomic E-state index is 13.2. The van der Waals surface area contributed by atoms with Gasteiger partial charge in [-0.05, 0) is 58.3 Å². The van der Waals surface area contributed by atoms with Gasteiger partial charge in [-0.25, -0.2) is 11.0 Å². The Balaban J connectivity index is 1.40. The van der Waals surface area contributed by atoms with Crippen LogP contribution in [0.25, 0.3) is 32.7 Å². The largest absolute Gasteiger partial charge is 0.318 e. The van der Waals surface area contributed by atoms with Crippen molar-refractivity contribution in [3.63, 3.8) is 0 Å². The van der Waals surface area contributed by atoms with E-state index in [4.69, 9.17) is 8.57 Å².